The summed E-state index contributed by atoms with van der Waals surface area (Å²) in [5.41, 5.74) is 4.02. The Morgan fingerprint density at radius 2 is 1.75 bits per heavy atom. The highest BCUT2D eigenvalue weighted by atomic mass is 32.2. The van der Waals surface area contributed by atoms with Crippen molar-refractivity contribution in [3.05, 3.63) is 40.6 Å². The fourth-order valence-electron chi connectivity index (χ4n) is 6.59. The van der Waals surface area contributed by atoms with Crippen molar-refractivity contribution in [2.24, 2.45) is 0 Å². The summed E-state index contributed by atoms with van der Waals surface area (Å²) in [7, 11) is 0. The van der Waals surface area contributed by atoms with E-state index in [0.29, 0.717) is 18.5 Å². The van der Waals surface area contributed by atoms with Crippen LogP contribution in [-0.2, 0) is 29.1 Å². The van der Waals surface area contributed by atoms with E-state index in [1.54, 1.807) is 4.90 Å². The van der Waals surface area contributed by atoms with Crippen molar-refractivity contribution < 1.29 is 14.4 Å². The van der Waals surface area contributed by atoms with Gasteiger partial charge in [-0.2, -0.15) is 4.98 Å². The van der Waals surface area contributed by atoms with Gasteiger partial charge in [-0.05, 0) is 42.9 Å². The van der Waals surface area contributed by atoms with E-state index >= 15 is 0 Å². The first-order valence-electron chi connectivity index (χ1n) is 14.6. The van der Waals surface area contributed by atoms with Crippen LogP contribution >= 0.6 is 11.8 Å². The molecule has 0 spiro atoms. The van der Waals surface area contributed by atoms with Crippen LogP contribution in [0.5, 0.6) is 0 Å². The number of hydrogen-bond donors (Lipinski definition) is 1. The van der Waals surface area contributed by atoms with Crippen molar-refractivity contribution in [3.63, 3.8) is 0 Å². The highest BCUT2D eigenvalue weighted by Gasteiger charge is 2.39. The smallest absolute Gasteiger partial charge is 0.255 e. The second kappa shape index (κ2) is 10.7. The van der Waals surface area contributed by atoms with E-state index < -0.39 is 6.04 Å². The molecule has 10 nitrogen and oxygen atoms in total. The van der Waals surface area contributed by atoms with Crippen molar-refractivity contribution in [3.8, 4) is 0 Å². The van der Waals surface area contributed by atoms with Crippen LogP contribution in [0.1, 0.15) is 59.3 Å². The van der Waals surface area contributed by atoms with Gasteiger partial charge in [0.05, 0.1) is 10.6 Å². The maximum absolute atomic E-state index is 13.0. The lowest BCUT2D eigenvalue weighted by Crippen LogP contribution is -2.52. The van der Waals surface area contributed by atoms with Crippen LogP contribution < -0.4 is 15.1 Å². The lowest BCUT2D eigenvalue weighted by molar-refractivity contribution is -0.136. The number of nitrogens with one attached hydrogen (secondary N) is 1. The van der Waals surface area contributed by atoms with Crippen LogP contribution in [0.3, 0.4) is 0 Å². The van der Waals surface area contributed by atoms with Crippen LogP contribution in [-0.4, -0.2) is 88.6 Å². The summed E-state index contributed by atoms with van der Waals surface area (Å²) in [4.78, 5) is 57.2. The molecule has 1 atom stereocenters. The zero-order valence-electron chi connectivity index (χ0n) is 22.7. The fraction of sp³-hybridized carbons (Fsp3) is 0.552. The first kappa shape index (κ1) is 25.8. The molecule has 0 saturated carbocycles. The fourth-order valence-corrected chi connectivity index (χ4v) is 7.71. The first-order chi connectivity index (χ1) is 19.5. The Labute approximate surface area is 238 Å². The number of aromatic nitrogens is 2. The number of imide groups is 1. The van der Waals surface area contributed by atoms with Crippen LogP contribution in [0.15, 0.2) is 23.1 Å². The minimum Gasteiger partial charge on any atom is -0.353 e. The second-order valence-corrected chi connectivity index (χ2v) is 12.5. The molecule has 2 aromatic rings. The van der Waals surface area contributed by atoms with E-state index in [1.807, 2.05) is 23.9 Å². The van der Waals surface area contributed by atoms with Crippen LogP contribution in [0.25, 0.3) is 0 Å². The Hall–Kier alpha value is -3.18. The summed E-state index contributed by atoms with van der Waals surface area (Å²) in [6.45, 7) is 7.09. The summed E-state index contributed by atoms with van der Waals surface area (Å²) in [5.74, 6) is 2.37. The minimum absolute atomic E-state index is 0.121. The van der Waals surface area contributed by atoms with Crippen LogP contribution in [0.2, 0.25) is 0 Å². The summed E-state index contributed by atoms with van der Waals surface area (Å²) in [6, 6.07) is 5.48. The van der Waals surface area contributed by atoms with E-state index in [-0.39, 0.29) is 24.1 Å². The Morgan fingerprint density at radius 1 is 0.925 bits per heavy atom. The Kier molecular flexibility index (Phi) is 6.87. The van der Waals surface area contributed by atoms with Crippen molar-refractivity contribution in [1.29, 1.82) is 0 Å². The van der Waals surface area contributed by atoms with Gasteiger partial charge in [0.25, 0.3) is 5.91 Å². The van der Waals surface area contributed by atoms with E-state index in [4.69, 9.17) is 9.97 Å². The number of aryl methyl sites for hydroxylation is 1. The third-order valence-electron chi connectivity index (χ3n) is 8.80. The molecule has 3 saturated heterocycles. The molecule has 5 aliphatic rings. The highest BCUT2D eigenvalue weighted by Crippen LogP contribution is 2.39. The normalized spacial score (nSPS) is 23.4. The van der Waals surface area contributed by atoms with Gasteiger partial charge in [-0.1, -0.05) is 12.1 Å². The van der Waals surface area contributed by atoms with E-state index in [1.165, 1.54) is 35.4 Å². The zero-order chi connectivity index (χ0) is 27.2. The number of nitrogens with zero attached hydrogens (tertiary/aromatic N) is 6. The number of benzene rings is 1. The van der Waals surface area contributed by atoms with Gasteiger partial charge in [-0.25, -0.2) is 4.98 Å². The third-order valence-corrected chi connectivity index (χ3v) is 9.91. The number of fused-ring (bicyclic) bond motifs is 2. The molecule has 40 heavy (non-hydrogen) atoms. The molecule has 11 heteroatoms. The number of thioether (sulfide) groups is 1. The number of rotatable bonds is 5. The minimum atomic E-state index is -0.578. The molecule has 5 aliphatic heterocycles. The molecule has 210 valence electrons. The quantitative estimate of drug-likeness (QED) is 0.551. The average Bonchev–Trinajstić information content (AvgIpc) is 3.58. The van der Waals surface area contributed by atoms with E-state index in [9.17, 15) is 14.4 Å². The number of amides is 3. The summed E-state index contributed by atoms with van der Waals surface area (Å²) < 4.78 is 0. The monoisotopic (exact) mass is 561 g/mol. The Balaban J connectivity index is 1.00. The van der Waals surface area contributed by atoms with Gasteiger partial charge >= 0.3 is 0 Å². The lowest BCUT2D eigenvalue weighted by Gasteiger charge is -2.36. The molecule has 3 fully saturated rings. The lowest BCUT2D eigenvalue weighted by atomic mass is 10.0. The highest BCUT2D eigenvalue weighted by molar-refractivity contribution is 7.99. The standard InChI is InChI=1S/C29H35N7O3S/c37-24-7-6-23(27(38)31-24)36-18-20-16-19(4-5-21(20)28(36)39)17-33-11-13-34(14-12-33)26-25-22(8-15-40-25)30-29(32-26)35-9-2-1-3-10-35/h4-5,16,23H,1-3,6-15,17-18H2,(H,31,37,38). The van der Waals surface area contributed by atoms with E-state index in [0.717, 1.165) is 75.3 Å². The van der Waals surface area contributed by atoms with Gasteiger partial charge in [0.15, 0.2) is 0 Å². The molecule has 3 amide bonds. The van der Waals surface area contributed by atoms with Crippen molar-refractivity contribution in [1.82, 2.24) is 25.1 Å². The number of piperidine rings is 2. The van der Waals surface area contributed by atoms with Crippen molar-refractivity contribution in [2.75, 3.05) is 54.8 Å². The van der Waals surface area contributed by atoms with Crippen LogP contribution in [0.4, 0.5) is 11.8 Å². The molecule has 1 aromatic heterocycles. The van der Waals surface area contributed by atoms with Crippen molar-refractivity contribution >= 4 is 41.2 Å². The van der Waals surface area contributed by atoms with Gasteiger partial charge in [0.2, 0.25) is 17.8 Å². The molecule has 1 aromatic carbocycles. The maximum Gasteiger partial charge on any atom is 0.255 e. The predicted molar refractivity (Wildman–Crippen MR) is 153 cm³/mol. The number of carbonyl (C=O) groups is 3. The summed E-state index contributed by atoms with van der Waals surface area (Å²) in [6.07, 6.45) is 5.41. The molecular weight excluding hydrogens is 526 g/mol. The van der Waals surface area contributed by atoms with Gasteiger partial charge in [-0.15, -0.1) is 11.8 Å². The molecule has 1 unspecified atom stereocenters. The maximum atomic E-state index is 13.0. The summed E-state index contributed by atoms with van der Waals surface area (Å²) in [5, 5.41) is 2.37. The SMILES string of the molecule is O=C1CCC(N2Cc3cc(CN4CCN(c5nc(N6CCCCC6)nc6c5SCC6)CC4)ccc3C2=O)C(=O)N1. The number of piperazine rings is 1. The van der Waals surface area contributed by atoms with Crippen molar-refractivity contribution in [2.45, 2.75) is 62.6 Å². The topological polar surface area (TPSA) is 102 Å². The molecule has 1 N–H and O–H groups in total. The zero-order valence-corrected chi connectivity index (χ0v) is 23.5. The molecule has 0 radical (unpaired) electrons. The van der Waals surface area contributed by atoms with Gasteiger partial charge in [0, 0.05) is 76.5 Å². The first-order valence-corrected chi connectivity index (χ1v) is 15.5. The third kappa shape index (κ3) is 4.83. The van der Waals surface area contributed by atoms with Gasteiger partial charge in [-0.3, -0.25) is 24.6 Å². The largest absolute Gasteiger partial charge is 0.353 e. The predicted octanol–water partition coefficient (Wildman–Crippen LogP) is 2.20. The second-order valence-electron chi connectivity index (χ2n) is 11.4. The number of hydrogen-bond acceptors (Lipinski definition) is 9. The van der Waals surface area contributed by atoms with Gasteiger partial charge < -0.3 is 14.7 Å². The molecule has 0 bridgehead atoms. The number of carbonyl (C=O) groups excluding carboxylic acids is 3. The average molecular weight is 562 g/mol. The molecule has 0 aliphatic carbocycles. The molecule has 7 rings (SSSR count). The van der Waals surface area contributed by atoms with Gasteiger partial charge in [0.1, 0.15) is 11.9 Å². The molecular formula is C29H35N7O3S. The Morgan fingerprint density at radius 3 is 2.55 bits per heavy atom. The van der Waals surface area contributed by atoms with E-state index in [2.05, 4.69) is 26.1 Å². The summed E-state index contributed by atoms with van der Waals surface area (Å²) >= 11 is 1.90. The van der Waals surface area contributed by atoms with Crippen LogP contribution in [0, 0.1) is 0 Å². The Bertz CT molecular complexity index is 1350. The number of anilines is 2. The molecule has 6 heterocycles.